The van der Waals surface area contributed by atoms with Crippen molar-refractivity contribution in [3.63, 3.8) is 0 Å². The van der Waals surface area contributed by atoms with Crippen LogP contribution in [0.2, 0.25) is 0 Å². The number of rotatable bonds is 5. The van der Waals surface area contributed by atoms with E-state index in [1.807, 2.05) is 11.3 Å². The SMILES string of the molecule is CCC1CN(CC(C)(C)c2cccs2)C(CC)CN1. The second-order valence-corrected chi connectivity index (χ2v) is 7.31. The fraction of sp³-hybridized carbons (Fsp3) is 0.750. The van der Waals surface area contributed by atoms with Gasteiger partial charge in [-0.1, -0.05) is 33.8 Å². The summed E-state index contributed by atoms with van der Waals surface area (Å²) in [4.78, 5) is 4.22. The summed E-state index contributed by atoms with van der Waals surface area (Å²) < 4.78 is 0. The Labute approximate surface area is 122 Å². The Morgan fingerprint density at radius 3 is 2.74 bits per heavy atom. The van der Waals surface area contributed by atoms with Crippen molar-refractivity contribution in [3.05, 3.63) is 22.4 Å². The molecular weight excluding hydrogens is 252 g/mol. The van der Waals surface area contributed by atoms with Crippen molar-refractivity contribution in [2.75, 3.05) is 19.6 Å². The molecule has 0 bridgehead atoms. The molecule has 0 radical (unpaired) electrons. The summed E-state index contributed by atoms with van der Waals surface area (Å²) in [5.74, 6) is 0. The van der Waals surface area contributed by atoms with Crippen LogP contribution in [-0.2, 0) is 5.41 Å². The molecule has 108 valence electrons. The monoisotopic (exact) mass is 280 g/mol. The number of nitrogens with one attached hydrogen (secondary N) is 1. The largest absolute Gasteiger partial charge is 0.311 e. The molecule has 0 spiro atoms. The molecule has 3 heteroatoms. The van der Waals surface area contributed by atoms with E-state index < -0.39 is 0 Å². The topological polar surface area (TPSA) is 15.3 Å². The van der Waals surface area contributed by atoms with E-state index in [0.29, 0.717) is 12.1 Å². The van der Waals surface area contributed by atoms with Gasteiger partial charge in [-0.15, -0.1) is 11.3 Å². The zero-order valence-corrected chi connectivity index (χ0v) is 13.6. The molecule has 2 unspecified atom stereocenters. The maximum Gasteiger partial charge on any atom is 0.0219 e. The summed E-state index contributed by atoms with van der Waals surface area (Å²) in [7, 11) is 0. The summed E-state index contributed by atoms with van der Waals surface area (Å²) >= 11 is 1.89. The van der Waals surface area contributed by atoms with Gasteiger partial charge in [-0.3, -0.25) is 4.90 Å². The second kappa shape index (κ2) is 6.38. The second-order valence-electron chi connectivity index (χ2n) is 6.37. The Kier molecular flexibility index (Phi) is 5.04. The smallest absolute Gasteiger partial charge is 0.0219 e. The minimum absolute atomic E-state index is 0.261. The molecule has 0 aliphatic carbocycles. The highest BCUT2D eigenvalue weighted by Gasteiger charge is 2.31. The van der Waals surface area contributed by atoms with Crippen LogP contribution < -0.4 is 5.32 Å². The number of thiophene rings is 1. The lowest BCUT2D eigenvalue weighted by atomic mass is 9.89. The molecule has 0 amide bonds. The third kappa shape index (κ3) is 3.59. The molecule has 1 aliphatic heterocycles. The van der Waals surface area contributed by atoms with E-state index >= 15 is 0 Å². The van der Waals surface area contributed by atoms with Gasteiger partial charge in [-0.2, -0.15) is 0 Å². The Morgan fingerprint density at radius 2 is 2.16 bits per heavy atom. The zero-order valence-electron chi connectivity index (χ0n) is 12.8. The van der Waals surface area contributed by atoms with Gasteiger partial charge >= 0.3 is 0 Å². The van der Waals surface area contributed by atoms with Gasteiger partial charge in [-0.25, -0.2) is 0 Å². The number of nitrogens with zero attached hydrogens (tertiary/aromatic N) is 1. The van der Waals surface area contributed by atoms with Gasteiger partial charge in [0, 0.05) is 42.0 Å². The third-order valence-electron chi connectivity index (χ3n) is 4.36. The fourth-order valence-electron chi connectivity index (χ4n) is 3.05. The molecule has 1 aliphatic rings. The first-order chi connectivity index (χ1) is 9.06. The summed E-state index contributed by atoms with van der Waals surface area (Å²) in [6.45, 7) is 12.9. The third-order valence-corrected chi connectivity index (χ3v) is 5.60. The maximum atomic E-state index is 3.68. The first-order valence-electron chi connectivity index (χ1n) is 7.58. The van der Waals surface area contributed by atoms with Gasteiger partial charge in [0.05, 0.1) is 0 Å². The quantitative estimate of drug-likeness (QED) is 0.888. The van der Waals surface area contributed by atoms with Crippen LogP contribution in [0.25, 0.3) is 0 Å². The highest BCUT2D eigenvalue weighted by molar-refractivity contribution is 7.10. The lowest BCUT2D eigenvalue weighted by Gasteiger charge is -2.43. The summed E-state index contributed by atoms with van der Waals surface area (Å²) in [6.07, 6.45) is 2.47. The predicted molar refractivity (Wildman–Crippen MR) is 85.1 cm³/mol. The molecule has 1 fully saturated rings. The molecule has 2 rings (SSSR count). The minimum Gasteiger partial charge on any atom is -0.311 e. The maximum absolute atomic E-state index is 3.68. The Balaban J connectivity index is 2.06. The average Bonchev–Trinajstić information content (AvgIpc) is 2.93. The van der Waals surface area contributed by atoms with Crippen molar-refractivity contribution in [1.82, 2.24) is 10.2 Å². The van der Waals surface area contributed by atoms with Crippen molar-refractivity contribution in [2.24, 2.45) is 0 Å². The van der Waals surface area contributed by atoms with Crippen molar-refractivity contribution in [1.29, 1.82) is 0 Å². The van der Waals surface area contributed by atoms with E-state index in [0.717, 1.165) is 6.54 Å². The Morgan fingerprint density at radius 1 is 1.37 bits per heavy atom. The van der Waals surface area contributed by atoms with Crippen LogP contribution >= 0.6 is 11.3 Å². The molecule has 0 saturated carbocycles. The molecule has 1 N–H and O–H groups in total. The zero-order chi connectivity index (χ0) is 13.9. The number of piperazine rings is 1. The van der Waals surface area contributed by atoms with Gasteiger partial charge < -0.3 is 5.32 Å². The summed E-state index contributed by atoms with van der Waals surface area (Å²) in [6, 6.07) is 5.82. The van der Waals surface area contributed by atoms with Gasteiger partial charge in [0.15, 0.2) is 0 Å². The van der Waals surface area contributed by atoms with E-state index in [1.54, 1.807) is 0 Å². The van der Waals surface area contributed by atoms with E-state index in [4.69, 9.17) is 0 Å². The Hall–Kier alpha value is -0.380. The van der Waals surface area contributed by atoms with Gasteiger partial charge in [-0.05, 0) is 24.3 Å². The molecule has 1 aromatic rings. The normalized spacial score (nSPS) is 25.7. The molecule has 1 saturated heterocycles. The van der Waals surface area contributed by atoms with Gasteiger partial charge in [0.25, 0.3) is 0 Å². The van der Waals surface area contributed by atoms with E-state index in [2.05, 4.69) is 55.4 Å². The molecule has 2 nitrogen and oxygen atoms in total. The van der Waals surface area contributed by atoms with Gasteiger partial charge in [0.1, 0.15) is 0 Å². The highest BCUT2D eigenvalue weighted by atomic mass is 32.1. The average molecular weight is 280 g/mol. The molecule has 2 heterocycles. The van der Waals surface area contributed by atoms with Crippen molar-refractivity contribution < 1.29 is 0 Å². The first kappa shape index (κ1) is 15.0. The first-order valence-corrected chi connectivity index (χ1v) is 8.46. The highest BCUT2D eigenvalue weighted by Crippen LogP contribution is 2.30. The molecule has 2 atom stereocenters. The lowest BCUT2D eigenvalue weighted by Crippen LogP contribution is -2.58. The molecule has 19 heavy (non-hydrogen) atoms. The van der Waals surface area contributed by atoms with E-state index in [-0.39, 0.29) is 5.41 Å². The van der Waals surface area contributed by atoms with E-state index in [1.165, 1.54) is 30.8 Å². The van der Waals surface area contributed by atoms with Crippen LogP contribution in [0.4, 0.5) is 0 Å². The number of hydrogen-bond donors (Lipinski definition) is 1. The van der Waals surface area contributed by atoms with Crippen molar-refractivity contribution in [2.45, 2.75) is 58.0 Å². The Bertz CT molecular complexity index is 372. The van der Waals surface area contributed by atoms with Crippen LogP contribution in [0.3, 0.4) is 0 Å². The molecular formula is C16H28N2S. The van der Waals surface area contributed by atoms with Crippen LogP contribution in [0, 0.1) is 0 Å². The van der Waals surface area contributed by atoms with E-state index in [9.17, 15) is 0 Å². The van der Waals surface area contributed by atoms with Crippen LogP contribution in [0.5, 0.6) is 0 Å². The predicted octanol–water partition coefficient (Wildman–Crippen LogP) is 3.49. The number of hydrogen-bond acceptors (Lipinski definition) is 3. The minimum atomic E-state index is 0.261. The van der Waals surface area contributed by atoms with Crippen LogP contribution in [-0.4, -0.2) is 36.6 Å². The van der Waals surface area contributed by atoms with Crippen LogP contribution in [0.1, 0.15) is 45.4 Å². The lowest BCUT2D eigenvalue weighted by molar-refractivity contribution is 0.103. The van der Waals surface area contributed by atoms with Crippen molar-refractivity contribution >= 4 is 11.3 Å². The summed E-state index contributed by atoms with van der Waals surface area (Å²) in [5, 5.41) is 5.88. The standard InChI is InChI=1S/C16H28N2S/c1-5-13-11-18(14(6-2)10-17-13)12-16(3,4)15-8-7-9-19-15/h7-9,13-14,17H,5-6,10-12H2,1-4H3. The van der Waals surface area contributed by atoms with Crippen LogP contribution in [0.15, 0.2) is 17.5 Å². The molecule has 0 aromatic carbocycles. The summed E-state index contributed by atoms with van der Waals surface area (Å²) in [5.41, 5.74) is 0.261. The van der Waals surface area contributed by atoms with Crippen molar-refractivity contribution in [3.8, 4) is 0 Å². The fourth-order valence-corrected chi connectivity index (χ4v) is 3.89. The van der Waals surface area contributed by atoms with Gasteiger partial charge in [0.2, 0.25) is 0 Å². The molecule has 1 aromatic heterocycles.